The number of carboxylic acid groups (broad SMARTS) is 1. The van der Waals surface area contributed by atoms with Crippen molar-refractivity contribution in [2.24, 2.45) is 7.05 Å². The summed E-state index contributed by atoms with van der Waals surface area (Å²) >= 11 is 0. The van der Waals surface area contributed by atoms with E-state index in [1.165, 1.54) is 16.2 Å². The zero-order chi connectivity index (χ0) is 18.3. The van der Waals surface area contributed by atoms with Gasteiger partial charge in [-0.15, -0.1) is 0 Å². The number of hydrogen-bond acceptors (Lipinski definition) is 4. The lowest BCUT2D eigenvalue weighted by Gasteiger charge is -2.10. The van der Waals surface area contributed by atoms with Crippen molar-refractivity contribution in [1.29, 1.82) is 0 Å². The van der Waals surface area contributed by atoms with Gasteiger partial charge in [-0.25, -0.2) is 4.79 Å². The second-order valence-electron chi connectivity index (χ2n) is 5.79. The van der Waals surface area contributed by atoms with Crippen LogP contribution < -0.4 is 5.56 Å². The minimum absolute atomic E-state index is 0.105. The number of benzene rings is 1. The Bertz CT molecular complexity index is 1060. The van der Waals surface area contributed by atoms with Crippen LogP contribution >= 0.6 is 0 Å². The molecule has 0 unspecified atom stereocenters. The molecule has 128 valence electrons. The van der Waals surface area contributed by atoms with Crippen LogP contribution in [0.1, 0.15) is 26.5 Å². The number of carbonyl (C=O) groups excluding carboxylic acids is 1. The van der Waals surface area contributed by atoms with Crippen molar-refractivity contribution in [2.45, 2.75) is 13.5 Å². The van der Waals surface area contributed by atoms with Gasteiger partial charge in [0.15, 0.2) is 17.2 Å². The quantitative estimate of drug-likeness (QED) is 0.707. The number of aromatic hydroxyl groups is 1. The zero-order valence-corrected chi connectivity index (χ0v) is 13.7. The first-order valence-electron chi connectivity index (χ1n) is 7.56. The smallest absolute Gasteiger partial charge is 0.356 e. The molecule has 0 aliphatic rings. The fourth-order valence-electron chi connectivity index (χ4n) is 2.94. The van der Waals surface area contributed by atoms with Gasteiger partial charge < -0.3 is 19.3 Å². The molecule has 7 nitrogen and oxygen atoms in total. The SMILES string of the molecule is Cc1cc2c(c(O)c(C(=O)O)n2C)c(=O)n1CC(=O)c1ccccc1. The van der Waals surface area contributed by atoms with E-state index in [1.807, 2.05) is 0 Å². The fraction of sp³-hybridized carbons (Fsp3) is 0.167. The summed E-state index contributed by atoms with van der Waals surface area (Å²) in [5.41, 5.74) is 0.316. The number of aryl methyl sites for hydroxylation is 2. The summed E-state index contributed by atoms with van der Waals surface area (Å²) in [6.45, 7) is 1.46. The van der Waals surface area contributed by atoms with Crippen molar-refractivity contribution in [1.82, 2.24) is 9.13 Å². The monoisotopic (exact) mass is 340 g/mol. The Morgan fingerprint density at radius 2 is 1.80 bits per heavy atom. The molecular weight excluding hydrogens is 324 g/mol. The molecule has 2 aromatic heterocycles. The van der Waals surface area contributed by atoms with Crippen molar-refractivity contribution < 1.29 is 19.8 Å². The molecule has 2 N–H and O–H groups in total. The highest BCUT2D eigenvalue weighted by Gasteiger charge is 2.24. The van der Waals surface area contributed by atoms with Gasteiger partial charge in [0.1, 0.15) is 5.39 Å². The van der Waals surface area contributed by atoms with Gasteiger partial charge in [-0.05, 0) is 13.0 Å². The highest BCUT2D eigenvalue weighted by molar-refractivity contribution is 6.01. The van der Waals surface area contributed by atoms with Crippen LogP contribution in [-0.2, 0) is 13.6 Å². The van der Waals surface area contributed by atoms with E-state index in [1.54, 1.807) is 43.3 Å². The Morgan fingerprint density at radius 1 is 1.16 bits per heavy atom. The average molecular weight is 340 g/mol. The molecule has 0 fully saturated rings. The van der Waals surface area contributed by atoms with Crippen LogP contribution in [0.5, 0.6) is 5.75 Å². The van der Waals surface area contributed by atoms with Crippen LogP contribution in [0.2, 0.25) is 0 Å². The lowest BCUT2D eigenvalue weighted by molar-refractivity contribution is 0.0683. The average Bonchev–Trinajstić information content (AvgIpc) is 2.82. The van der Waals surface area contributed by atoms with Gasteiger partial charge in [0.25, 0.3) is 5.56 Å². The Morgan fingerprint density at radius 3 is 2.40 bits per heavy atom. The van der Waals surface area contributed by atoms with Crippen LogP contribution in [0.3, 0.4) is 0 Å². The molecule has 0 aliphatic carbocycles. The number of fused-ring (bicyclic) bond motifs is 1. The molecule has 0 aliphatic heterocycles. The standard InChI is InChI=1S/C18H16N2O5/c1-10-8-12-14(16(22)15(18(24)25)19(12)2)17(23)20(10)9-13(21)11-6-4-3-5-7-11/h3-8,22H,9H2,1-2H3,(H,24,25). The molecule has 0 atom stereocenters. The second-order valence-corrected chi connectivity index (χ2v) is 5.79. The van der Waals surface area contributed by atoms with Crippen LogP contribution in [-0.4, -0.2) is 31.1 Å². The molecule has 7 heteroatoms. The van der Waals surface area contributed by atoms with Gasteiger partial charge in [-0.3, -0.25) is 9.59 Å². The highest BCUT2D eigenvalue weighted by Crippen LogP contribution is 2.29. The minimum atomic E-state index is -1.33. The maximum Gasteiger partial charge on any atom is 0.356 e. The van der Waals surface area contributed by atoms with E-state index in [2.05, 4.69) is 0 Å². The van der Waals surface area contributed by atoms with E-state index in [9.17, 15) is 24.6 Å². The number of nitrogens with zero attached hydrogens (tertiary/aromatic N) is 2. The number of hydrogen-bond donors (Lipinski definition) is 2. The highest BCUT2D eigenvalue weighted by atomic mass is 16.4. The predicted octanol–water partition coefficient (Wildman–Crippen LogP) is 1.94. The second kappa shape index (κ2) is 5.94. The molecule has 3 rings (SSSR count). The summed E-state index contributed by atoms with van der Waals surface area (Å²) in [7, 11) is 1.46. The van der Waals surface area contributed by atoms with Gasteiger partial charge in [-0.2, -0.15) is 0 Å². The summed E-state index contributed by atoms with van der Waals surface area (Å²) in [6.07, 6.45) is 0. The Labute approximate surface area is 142 Å². The lowest BCUT2D eigenvalue weighted by atomic mass is 10.1. The first kappa shape index (κ1) is 16.5. The molecule has 0 amide bonds. The van der Waals surface area contributed by atoms with Gasteiger partial charge in [0, 0.05) is 18.3 Å². The van der Waals surface area contributed by atoms with E-state index < -0.39 is 17.3 Å². The summed E-state index contributed by atoms with van der Waals surface area (Å²) in [5, 5.41) is 19.3. The van der Waals surface area contributed by atoms with Crippen LogP contribution in [0.25, 0.3) is 10.9 Å². The first-order valence-corrected chi connectivity index (χ1v) is 7.56. The summed E-state index contributed by atoms with van der Waals surface area (Å²) in [5.74, 6) is -2.17. The molecule has 0 saturated heterocycles. The third kappa shape index (κ3) is 2.59. The van der Waals surface area contributed by atoms with Crippen molar-refractivity contribution in [3.8, 4) is 5.75 Å². The molecule has 1 aromatic carbocycles. The fourth-order valence-corrected chi connectivity index (χ4v) is 2.94. The number of ketones is 1. The van der Waals surface area contributed by atoms with Crippen LogP contribution in [0.4, 0.5) is 0 Å². The van der Waals surface area contributed by atoms with Crippen LogP contribution in [0, 0.1) is 6.92 Å². The van der Waals surface area contributed by atoms with Gasteiger partial charge >= 0.3 is 5.97 Å². The molecule has 0 saturated carbocycles. The first-order chi connectivity index (χ1) is 11.8. The van der Waals surface area contributed by atoms with Crippen molar-refractivity contribution >= 4 is 22.7 Å². The summed E-state index contributed by atoms with van der Waals surface area (Å²) < 4.78 is 2.49. The van der Waals surface area contributed by atoms with Crippen LogP contribution in [0.15, 0.2) is 41.2 Å². The summed E-state index contributed by atoms with van der Waals surface area (Å²) in [4.78, 5) is 36.5. The number of pyridine rings is 1. The van der Waals surface area contributed by atoms with Crippen molar-refractivity contribution in [2.75, 3.05) is 0 Å². The topological polar surface area (TPSA) is 102 Å². The van der Waals surface area contributed by atoms with Gasteiger partial charge in [-0.1, -0.05) is 30.3 Å². The molecule has 2 heterocycles. The van der Waals surface area contributed by atoms with E-state index in [4.69, 9.17) is 0 Å². The number of carbonyl (C=O) groups is 2. The van der Waals surface area contributed by atoms with E-state index in [0.717, 1.165) is 0 Å². The Balaban J connectivity index is 2.18. The van der Waals surface area contributed by atoms with Gasteiger partial charge in [0.2, 0.25) is 0 Å². The molecule has 25 heavy (non-hydrogen) atoms. The predicted molar refractivity (Wildman–Crippen MR) is 91.3 cm³/mol. The third-order valence-corrected chi connectivity index (χ3v) is 4.24. The minimum Gasteiger partial charge on any atom is -0.505 e. The lowest BCUT2D eigenvalue weighted by Crippen LogP contribution is -2.26. The molecule has 3 aromatic rings. The van der Waals surface area contributed by atoms with Crippen molar-refractivity contribution in [3.05, 3.63) is 63.7 Å². The number of carboxylic acids is 1. The Kier molecular flexibility index (Phi) is 3.92. The van der Waals surface area contributed by atoms with Crippen molar-refractivity contribution in [3.63, 3.8) is 0 Å². The van der Waals surface area contributed by atoms with Gasteiger partial charge in [0.05, 0.1) is 12.1 Å². The molecular formula is C18H16N2O5. The maximum atomic E-state index is 12.8. The number of aromatic carboxylic acids is 1. The third-order valence-electron chi connectivity index (χ3n) is 4.24. The number of rotatable bonds is 4. The number of Topliss-reactive ketones (excluding diaryl/α,β-unsaturated/α-hetero) is 1. The van der Waals surface area contributed by atoms with E-state index >= 15 is 0 Å². The maximum absolute atomic E-state index is 12.8. The normalized spacial score (nSPS) is 11.0. The van der Waals surface area contributed by atoms with E-state index in [-0.39, 0.29) is 23.4 Å². The van der Waals surface area contributed by atoms with E-state index in [0.29, 0.717) is 16.8 Å². The largest absolute Gasteiger partial charge is 0.505 e. The molecule has 0 spiro atoms. The number of aromatic nitrogens is 2. The zero-order valence-electron chi connectivity index (χ0n) is 13.7. The molecule has 0 radical (unpaired) electrons. The molecule has 0 bridgehead atoms. The summed E-state index contributed by atoms with van der Waals surface area (Å²) in [6, 6.07) is 10.1. The Hall–Kier alpha value is -3.35.